The average molecular weight is 691 g/mol. The third-order valence-electron chi connectivity index (χ3n) is 16.4. The predicted molar refractivity (Wildman–Crippen MR) is 197 cm³/mol. The highest BCUT2D eigenvalue weighted by molar-refractivity contribution is 5.84. The van der Waals surface area contributed by atoms with Crippen LogP contribution < -0.4 is 0 Å². The molecule has 6 nitrogen and oxygen atoms in total. The van der Waals surface area contributed by atoms with Gasteiger partial charge in [-0.1, -0.05) is 56.0 Å². The molecule has 6 unspecified atom stereocenters. The molecule has 2 amide bonds. The van der Waals surface area contributed by atoms with Gasteiger partial charge in [0.1, 0.15) is 0 Å². The Labute approximate surface area is 304 Å². The summed E-state index contributed by atoms with van der Waals surface area (Å²) in [6, 6.07) is 18.3. The van der Waals surface area contributed by atoms with Crippen molar-refractivity contribution in [1.29, 1.82) is 0 Å². The zero-order valence-corrected chi connectivity index (χ0v) is 29.5. The van der Waals surface area contributed by atoms with E-state index in [9.17, 15) is 19.8 Å². The molecule has 2 aromatic carbocycles. The van der Waals surface area contributed by atoms with E-state index in [1.54, 1.807) is 0 Å². The van der Waals surface area contributed by atoms with Crippen molar-refractivity contribution in [2.75, 3.05) is 13.1 Å². The molecule has 10 aliphatic carbocycles. The number of rotatable bonds is 2. The van der Waals surface area contributed by atoms with Gasteiger partial charge in [-0.2, -0.15) is 0 Å². The summed E-state index contributed by atoms with van der Waals surface area (Å²) in [6.45, 7) is 1.84. The highest BCUT2D eigenvalue weighted by Gasteiger charge is 2.60. The monoisotopic (exact) mass is 690 g/mol. The van der Waals surface area contributed by atoms with Crippen LogP contribution in [-0.2, 0) is 22.4 Å². The number of nitrogens with zero attached hydrogens (tertiary/aromatic N) is 2. The summed E-state index contributed by atoms with van der Waals surface area (Å²) in [6.07, 6.45) is 14.8. The summed E-state index contributed by atoms with van der Waals surface area (Å²) in [7, 11) is 0. The molecule has 14 atom stereocenters. The third-order valence-corrected chi connectivity index (χ3v) is 16.4. The molecule has 8 bridgehead atoms. The van der Waals surface area contributed by atoms with E-state index in [1.165, 1.54) is 47.9 Å². The number of amides is 2. The Bertz CT molecular complexity index is 1580. The van der Waals surface area contributed by atoms with Crippen molar-refractivity contribution in [2.45, 2.75) is 132 Å². The molecule has 12 aliphatic rings. The fourth-order valence-corrected chi connectivity index (χ4v) is 15.2. The second kappa shape index (κ2) is 11.6. The molecule has 6 heteroatoms. The lowest BCUT2D eigenvalue weighted by atomic mass is 9.52. The van der Waals surface area contributed by atoms with Gasteiger partial charge in [-0.15, -0.1) is 0 Å². The molecule has 0 aromatic heterocycles. The normalized spacial score (nSPS) is 46.2. The zero-order valence-electron chi connectivity index (χ0n) is 29.5. The molecule has 272 valence electrons. The fourth-order valence-electron chi connectivity index (χ4n) is 15.2. The van der Waals surface area contributed by atoms with Crippen molar-refractivity contribution in [3.63, 3.8) is 0 Å². The smallest absolute Gasteiger partial charge is 0.226 e. The zero-order chi connectivity index (χ0) is 33.5. The summed E-state index contributed by atoms with van der Waals surface area (Å²) in [5, 5.41) is 21.7. The molecule has 8 saturated carbocycles. The van der Waals surface area contributed by atoms with Crippen LogP contribution in [0.3, 0.4) is 0 Å². The van der Waals surface area contributed by atoms with Gasteiger partial charge in [-0.05, 0) is 148 Å². The van der Waals surface area contributed by atoms with Crippen LogP contribution >= 0.6 is 0 Å². The quantitative estimate of drug-likeness (QED) is 0.361. The van der Waals surface area contributed by atoms with Crippen LogP contribution in [0, 0.1) is 47.3 Å². The predicted octanol–water partition coefficient (Wildman–Crippen LogP) is 6.86. The van der Waals surface area contributed by atoms with Crippen molar-refractivity contribution in [2.24, 2.45) is 47.3 Å². The number of benzene rings is 2. The summed E-state index contributed by atoms with van der Waals surface area (Å²) in [5.74, 6) is 5.62. The van der Waals surface area contributed by atoms with Crippen molar-refractivity contribution in [3.8, 4) is 0 Å². The number of carbonyl (C=O) groups is 2. The van der Waals surface area contributed by atoms with Crippen molar-refractivity contribution in [3.05, 3.63) is 70.8 Å². The Kier molecular flexibility index (Phi) is 7.52. The molecular weight excluding hydrogens is 633 g/mol. The standard InChI is InChI=1S/2C22H27NO2.CH4/c2*24-21-18-6-5-14-3-1-2-4-17(14)19(18)12-23(21)20-15-7-13-8-16(20)11-22(25,9-13)10-15;/h2*1-4,13,15-16,18-20,25H,5-12H2;1H4/t13?,15-,16+,18-,19+,20?,22?;13?,15-,16+,18-,19-,20?,22?;/m11./s1. The highest BCUT2D eigenvalue weighted by atomic mass is 16.3. The summed E-state index contributed by atoms with van der Waals surface area (Å²) in [5.41, 5.74) is 4.95. The first-order chi connectivity index (χ1) is 24.2. The van der Waals surface area contributed by atoms with Crippen LogP contribution in [-0.4, -0.2) is 68.2 Å². The van der Waals surface area contributed by atoms with Gasteiger partial charge in [-0.3, -0.25) is 9.59 Å². The number of fused-ring (bicyclic) bond motifs is 6. The Morgan fingerprint density at radius 3 is 1.27 bits per heavy atom. The minimum absolute atomic E-state index is 0. The number of aryl methyl sites for hydroxylation is 2. The number of aliphatic hydroxyl groups is 2. The second-order valence-corrected chi connectivity index (χ2v) is 19.3. The van der Waals surface area contributed by atoms with Crippen molar-refractivity contribution >= 4 is 11.8 Å². The van der Waals surface area contributed by atoms with Crippen LogP contribution in [0.1, 0.15) is 119 Å². The van der Waals surface area contributed by atoms with Crippen molar-refractivity contribution < 1.29 is 19.8 Å². The lowest BCUT2D eigenvalue weighted by Gasteiger charge is -2.59. The maximum atomic E-state index is 13.3. The molecule has 2 heterocycles. The molecule has 0 spiro atoms. The average Bonchev–Trinajstić information content (AvgIpc) is 3.59. The largest absolute Gasteiger partial charge is 0.390 e. The molecule has 10 fully saturated rings. The van der Waals surface area contributed by atoms with Gasteiger partial charge in [-0.25, -0.2) is 0 Å². The molecule has 2 N–H and O–H groups in total. The number of hydrogen-bond donors (Lipinski definition) is 2. The van der Waals surface area contributed by atoms with Crippen LogP contribution in [0.2, 0.25) is 0 Å². The maximum Gasteiger partial charge on any atom is 0.226 e. The Hall–Kier alpha value is -2.70. The van der Waals surface area contributed by atoms with E-state index >= 15 is 0 Å². The Morgan fingerprint density at radius 1 is 0.529 bits per heavy atom. The maximum absolute atomic E-state index is 13.3. The van der Waals surface area contributed by atoms with Gasteiger partial charge in [0.25, 0.3) is 0 Å². The van der Waals surface area contributed by atoms with Crippen molar-refractivity contribution in [1.82, 2.24) is 9.80 Å². The molecule has 51 heavy (non-hydrogen) atoms. The van der Waals surface area contributed by atoms with Gasteiger partial charge in [0.15, 0.2) is 0 Å². The second-order valence-electron chi connectivity index (χ2n) is 19.3. The van der Waals surface area contributed by atoms with Gasteiger partial charge in [0.05, 0.1) is 11.2 Å². The molecule has 0 radical (unpaired) electrons. The summed E-state index contributed by atoms with van der Waals surface area (Å²) < 4.78 is 0. The Balaban J connectivity index is 0.000000126. The Morgan fingerprint density at radius 2 is 0.902 bits per heavy atom. The molecule has 2 aliphatic heterocycles. The van der Waals surface area contributed by atoms with Gasteiger partial charge in [0, 0.05) is 48.8 Å². The van der Waals surface area contributed by atoms with E-state index in [0.29, 0.717) is 71.2 Å². The summed E-state index contributed by atoms with van der Waals surface area (Å²) in [4.78, 5) is 31.2. The van der Waals surface area contributed by atoms with Gasteiger partial charge < -0.3 is 20.0 Å². The van der Waals surface area contributed by atoms with Crippen LogP contribution in [0.5, 0.6) is 0 Å². The van der Waals surface area contributed by atoms with Gasteiger partial charge in [0.2, 0.25) is 11.8 Å². The lowest BCUT2D eigenvalue weighted by Crippen LogP contribution is -2.62. The minimum Gasteiger partial charge on any atom is -0.390 e. The first-order valence-corrected chi connectivity index (χ1v) is 20.4. The van der Waals surface area contributed by atoms with E-state index in [0.717, 1.165) is 77.3 Å². The fraction of sp³-hybridized carbons (Fsp3) is 0.689. The minimum atomic E-state index is -0.408. The topological polar surface area (TPSA) is 81.1 Å². The van der Waals surface area contributed by atoms with Crippen LogP contribution in [0.25, 0.3) is 0 Å². The van der Waals surface area contributed by atoms with E-state index in [1.807, 2.05) is 0 Å². The number of likely N-dealkylation sites (tertiary alicyclic amines) is 2. The molecule has 14 rings (SSSR count). The molecule has 2 saturated heterocycles. The number of hydrogen-bond acceptors (Lipinski definition) is 4. The van der Waals surface area contributed by atoms with Gasteiger partial charge >= 0.3 is 0 Å². The van der Waals surface area contributed by atoms with E-state index in [-0.39, 0.29) is 19.3 Å². The lowest BCUT2D eigenvalue weighted by molar-refractivity contribution is -0.168. The molecule has 2 aromatic rings. The first-order valence-electron chi connectivity index (χ1n) is 20.4. The van der Waals surface area contributed by atoms with Crippen LogP contribution in [0.15, 0.2) is 48.5 Å². The highest BCUT2D eigenvalue weighted by Crippen LogP contribution is 2.60. The molecular formula is C45H58N2O4. The third kappa shape index (κ3) is 5.00. The van der Waals surface area contributed by atoms with E-state index in [2.05, 4.69) is 58.3 Å². The first kappa shape index (κ1) is 32.9. The summed E-state index contributed by atoms with van der Waals surface area (Å²) >= 11 is 0. The van der Waals surface area contributed by atoms with Crippen LogP contribution in [0.4, 0.5) is 0 Å². The number of carbonyl (C=O) groups excluding carboxylic acids is 2. The van der Waals surface area contributed by atoms with E-state index in [4.69, 9.17) is 0 Å². The van der Waals surface area contributed by atoms with E-state index < -0.39 is 11.2 Å². The SMILES string of the molecule is C.O=C1[C@@H]2CCc3ccccc3[C@@H]2CN1C1[C@@H]2CC3C[C@H]1CC(O)(C3)C2.O=C1[C@@H]2CCc3ccccc3[C@H]2CN1C1[C@@H]2CC3C[C@H]1CC(O)(C3)C2.